The van der Waals surface area contributed by atoms with E-state index >= 15 is 0 Å². The molecule has 0 aromatic carbocycles. The normalized spacial score (nSPS) is 17.2. The summed E-state index contributed by atoms with van der Waals surface area (Å²) in [6.45, 7) is 0.852. The first kappa shape index (κ1) is 7.18. The fourth-order valence-electron chi connectivity index (χ4n) is 0.985. The Morgan fingerprint density at radius 2 is 2.36 bits per heavy atom. The molecule has 0 radical (unpaired) electrons. The quantitative estimate of drug-likeness (QED) is 0.737. The molecule has 1 aromatic heterocycles. The van der Waals surface area contributed by atoms with Gasteiger partial charge in [-0.25, -0.2) is 0 Å². The smallest absolute Gasteiger partial charge is 0.131 e. The van der Waals surface area contributed by atoms with Gasteiger partial charge in [-0.3, -0.25) is 0 Å². The zero-order valence-corrected chi connectivity index (χ0v) is 7.32. The van der Waals surface area contributed by atoms with E-state index in [9.17, 15) is 0 Å². The maximum Gasteiger partial charge on any atom is 0.131 e. The Morgan fingerprint density at radius 3 is 3.00 bits per heavy atom. The number of nitrogens with zero attached hydrogens (tertiary/aromatic N) is 2. The molecule has 1 aromatic rings. The van der Waals surface area contributed by atoms with Crippen LogP contribution in [0.15, 0.2) is 0 Å². The minimum Gasteiger partial charge on any atom is -0.313 e. The van der Waals surface area contributed by atoms with Gasteiger partial charge in [-0.1, -0.05) is 11.3 Å². The van der Waals surface area contributed by atoms with Crippen LogP contribution in [0.1, 0.15) is 28.8 Å². The molecule has 60 valence electrons. The summed E-state index contributed by atoms with van der Waals surface area (Å²) in [6.07, 6.45) is 2.63. The fraction of sp³-hybridized carbons (Fsp3) is 0.714. The number of nitrogens with one attached hydrogen (secondary N) is 1. The van der Waals surface area contributed by atoms with Gasteiger partial charge in [-0.2, -0.15) is 0 Å². The van der Waals surface area contributed by atoms with Gasteiger partial charge in [0.15, 0.2) is 0 Å². The summed E-state index contributed by atoms with van der Waals surface area (Å²) in [7, 11) is 1.93. The molecule has 0 amide bonds. The highest BCUT2D eigenvalue weighted by molar-refractivity contribution is 7.11. The third-order valence-electron chi connectivity index (χ3n) is 1.74. The monoisotopic (exact) mass is 169 g/mol. The first-order chi connectivity index (χ1) is 5.40. The molecule has 0 unspecified atom stereocenters. The number of hydrogen-bond donors (Lipinski definition) is 1. The molecule has 0 spiro atoms. The standard InChI is InChI=1S/C7H11N3S/c1-8-4-6-9-10-7(11-6)5-2-3-5/h5,8H,2-4H2,1H3. The molecule has 3 nitrogen and oxygen atoms in total. The van der Waals surface area contributed by atoms with Crippen molar-refractivity contribution < 1.29 is 0 Å². The highest BCUT2D eigenvalue weighted by Crippen LogP contribution is 2.41. The van der Waals surface area contributed by atoms with Crippen LogP contribution in [0.5, 0.6) is 0 Å². The zero-order valence-electron chi connectivity index (χ0n) is 6.50. The number of rotatable bonds is 3. The predicted octanol–water partition coefficient (Wildman–Crippen LogP) is 1.13. The molecule has 1 heterocycles. The molecule has 0 bridgehead atoms. The molecule has 1 aliphatic carbocycles. The summed E-state index contributed by atoms with van der Waals surface area (Å²) >= 11 is 1.74. The lowest BCUT2D eigenvalue weighted by Gasteiger charge is -1.87. The highest BCUT2D eigenvalue weighted by atomic mass is 32.1. The van der Waals surface area contributed by atoms with Crippen LogP contribution in [-0.4, -0.2) is 17.2 Å². The van der Waals surface area contributed by atoms with Crippen LogP contribution in [0, 0.1) is 0 Å². The molecule has 11 heavy (non-hydrogen) atoms. The van der Waals surface area contributed by atoms with E-state index in [4.69, 9.17) is 0 Å². The van der Waals surface area contributed by atoms with Gasteiger partial charge < -0.3 is 5.32 Å². The Labute approximate surface area is 69.8 Å². The summed E-state index contributed by atoms with van der Waals surface area (Å²) in [5.41, 5.74) is 0. The second-order valence-electron chi connectivity index (χ2n) is 2.84. The summed E-state index contributed by atoms with van der Waals surface area (Å²) < 4.78 is 0. The van der Waals surface area contributed by atoms with Gasteiger partial charge in [0, 0.05) is 12.5 Å². The Morgan fingerprint density at radius 1 is 1.55 bits per heavy atom. The first-order valence-electron chi connectivity index (χ1n) is 3.87. The van der Waals surface area contributed by atoms with Gasteiger partial charge in [-0.15, -0.1) is 10.2 Å². The van der Waals surface area contributed by atoms with Gasteiger partial charge in [0.2, 0.25) is 0 Å². The van der Waals surface area contributed by atoms with E-state index in [1.165, 1.54) is 17.8 Å². The summed E-state index contributed by atoms with van der Waals surface area (Å²) in [5.74, 6) is 0.748. The van der Waals surface area contributed by atoms with Crippen molar-refractivity contribution >= 4 is 11.3 Å². The average molecular weight is 169 g/mol. The summed E-state index contributed by atoms with van der Waals surface area (Å²) in [4.78, 5) is 0. The van der Waals surface area contributed by atoms with Crippen molar-refractivity contribution in [2.75, 3.05) is 7.05 Å². The molecule has 2 rings (SSSR count). The largest absolute Gasteiger partial charge is 0.313 e. The average Bonchev–Trinajstić information content (AvgIpc) is 2.75. The molecule has 0 atom stereocenters. The number of aromatic nitrogens is 2. The van der Waals surface area contributed by atoms with Crippen LogP contribution in [0.25, 0.3) is 0 Å². The zero-order chi connectivity index (χ0) is 7.68. The Hall–Kier alpha value is -0.480. The molecular weight excluding hydrogens is 158 g/mol. The van der Waals surface area contributed by atoms with Gasteiger partial charge in [-0.05, 0) is 19.9 Å². The van der Waals surface area contributed by atoms with E-state index in [0.29, 0.717) is 0 Å². The second-order valence-corrected chi connectivity index (χ2v) is 3.93. The first-order valence-corrected chi connectivity index (χ1v) is 4.68. The van der Waals surface area contributed by atoms with E-state index in [1.54, 1.807) is 11.3 Å². The van der Waals surface area contributed by atoms with Crippen LogP contribution in [-0.2, 0) is 6.54 Å². The van der Waals surface area contributed by atoms with Crippen molar-refractivity contribution in [1.82, 2.24) is 15.5 Å². The fourth-order valence-corrected chi connectivity index (χ4v) is 2.01. The van der Waals surface area contributed by atoms with Gasteiger partial charge in [0.1, 0.15) is 10.0 Å². The SMILES string of the molecule is CNCc1nnc(C2CC2)s1. The summed E-state index contributed by atoms with van der Waals surface area (Å²) in [5, 5.41) is 13.6. The molecule has 0 aliphatic heterocycles. The Bertz CT molecular complexity index is 242. The van der Waals surface area contributed by atoms with E-state index in [2.05, 4.69) is 15.5 Å². The second kappa shape index (κ2) is 2.87. The molecule has 1 N–H and O–H groups in total. The molecule has 0 saturated heterocycles. The minimum absolute atomic E-state index is 0.748. The molecule has 1 fully saturated rings. The highest BCUT2D eigenvalue weighted by Gasteiger charge is 2.27. The van der Waals surface area contributed by atoms with Crippen molar-refractivity contribution in [3.8, 4) is 0 Å². The molecule has 1 aliphatic rings. The maximum atomic E-state index is 4.13. The third-order valence-corrected chi connectivity index (χ3v) is 2.82. The molecule has 4 heteroatoms. The van der Waals surface area contributed by atoms with Crippen LogP contribution in [0.3, 0.4) is 0 Å². The molecule has 1 saturated carbocycles. The third kappa shape index (κ3) is 1.57. The topological polar surface area (TPSA) is 37.8 Å². The van der Waals surface area contributed by atoms with Crippen LogP contribution in [0.4, 0.5) is 0 Å². The van der Waals surface area contributed by atoms with Crippen LogP contribution < -0.4 is 5.32 Å². The maximum absolute atomic E-state index is 4.13. The van der Waals surface area contributed by atoms with Crippen molar-refractivity contribution in [3.63, 3.8) is 0 Å². The lowest BCUT2D eigenvalue weighted by Crippen LogP contribution is -2.04. The van der Waals surface area contributed by atoms with Gasteiger partial charge in [0.05, 0.1) is 0 Å². The van der Waals surface area contributed by atoms with Gasteiger partial charge in [0.25, 0.3) is 0 Å². The van der Waals surface area contributed by atoms with Crippen molar-refractivity contribution in [2.45, 2.75) is 25.3 Å². The summed E-state index contributed by atoms with van der Waals surface area (Å²) in [6, 6.07) is 0. The van der Waals surface area contributed by atoms with Crippen LogP contribution >= 0.6 is 11.3 Å². The van der Waals surface area contributed by atoms with E-state index in [0.717, 1.165) is 17.5 Å². The van der Waals surface area contributed by atoms with Gasteiger partial charge >= 0.3 is 0 Å². The lowest BCUT2D eigenvalue weighted by atomic mass is 10.5. The van der Waals surface area contributed by atoms with E-state index < -0.39 is 0 Å². The van der Waals surface area contributed by atoms with Crippen molar-refractivity contribution in [1.29, 1.82) is 0 Å². The van der Waals surface area contributed by atoms with Crippen LogP contribution in [0.2, 0.25) is 0 Å². The van der Waals surface area contributed by atoms with E-state index in [-0.39, 0.29) is 0 Å². The van der Waals surface area contributed by atoms with Crippen molar-refractivity contribution in [3.05, 3.63) is 10.0 Å². The predicted molar refractivity (Wildman–Crippen MR) is 44.6 cm³/mol. The lowest BCUT2D eigenvalue weighted by molar-refractivity contribution is 0.790. The minimum atomic E-state index is 0.748. The number of hydrogen-bond acceptors (Lipinski definition) is 4. The Balaban J connectivity index is 2.06. The molecular formula is C7H11N3S. The Kier molecular flexibility index (Phi) is 1.87. The van der Waals surface area contributed by atoms with Crippen molar-refractivity contribution in [2.24, 2.45) is 0 Å². The van der Waals surface area contributed by atoms with E-state index in [1.807, 2.05) is 7.05 Å².